The quantitative estimate of drug-likeness (QED) is 0.252. The maximum Gasteiger partial charge on any atom is 0.433 e. The molecule has 1 N–H and O–H groups in total. The molecule has 0 fully saturated rings. The average Bonchev–Trinajstić information content (AvgIpc) is 3.42. The number of alkyl halides is 3. The topological polar surface area (TPSA) is 103 Å². The van der Waals surface area contributed by atoms with Crippen molar-refractivity contribution in [1.82, 2.24) is 14.5 Å². The molecule has 204 valence electrons. The van der Waals surface area contributed by atoms with Crippen LogP contribution >= 0.6 is 11.6 Å². The molecular formula is C26H22ClF3N4O4S. The molecule has 1 amide bonds. The molecule has 2 heterocycles. The molecule has 0 saturated carbocycles. The number of sulfone groups is 1. The van der Waals surface area contributed by atoms with Crippen molar-refractivity contribution in [3.63, 3.8) is 0 Å². The van der Waals surface area contributed by atoms with Crippen LogP contribution in [0.2, 0.25) is 5.02 Å². The molecule has 0 bridgehead atoms. The van der Waals surface area contributed by atoms with E-state index in [0.29, 0.717) is 22.5 Å². The largest absolute Gasteiger partial charge is 0.496 e. The molecule has 4 rings (SSSR count). The van der Waals surface area contributed by atoms with E-state index in [1.165, 1.54) is 19.2 Å². The Bertz CT molecular complexity index is 1590. The van der Waals surface area contributed by atoms with Gasteiger partial charge in [-0.05, 0) is 55.0 Å². The van der Waals surface area contributed by atoms with E-state index in [0.717, 1.165) is 0 Å². The van der Waals surface area contributed by atoms with Gasteiger partial charge >= 0.3 is 6.18 Å². The van der Waals surface area contributed by atoms with Gasteiger partial charge in [-0.1, -0.05) is 23.7 Å². The molecule has 4 aromatic rings. The third kappa shape index (κ3) is 6.76. The standard InChI is InChI=1S/C26H22ClF3N4O4S/c1-38-22-8-3-2-7-18(22)20-16-23(26(28,29)30)33-25(32-20)39(36,37)14-6-9-24(35)31-17-10-11-21(19(27)15-17)34-12-4-5-13-34/h2-5,7-8,10-13,15-16H,6,9,14H2,1H3,(H,31,35). The van der Waals surface area contributed by atoms with Crippen molar-refractivity contribution in [3.8, 4) is 22.7 Å². The zero-order chi connectivity index (χ0) is 28.2. The fourth-order valence-corrected chi connectivity index (χ4v) is 5.19. The molecule has 0 aliphatic rings. The number of amides is 1. The van der Waals surface area contributed by atoms with E-state index in [2.05, 4.69) is 15.3 Å². The first-order valence-electron chi connectivity index (χ1n) is 11.5. The molecule has 2 aromatic heterocycles. The zero-order valence-corrected chi connectivity index (χ0v) is 22.0. The highest BCUT2D eigenvalue weighted by molar-refractivity contribution is 7.91. The van der Waals surface area contributed by atoms with Crippen LogP contribution in [0.3, 0.4) is 0 Å². The molecule has 0 aliphatic heterocycles. The van der Waals surface area contributed by atoms with Gasteiger partial charge in [0.1, 0.15) is 11.4 Å². The Balaban J connectivity index is 1.47. The number of methoxy groups -OCH3 is 1. The summed E-state index contributed by atoms with van der Waals surface area (Å²) in [7, 11) is -3.03. The Kier molecular flexibility index (Phi) is 8.26. The highest BCUT2D eigenvalue weighted by atomic mass is 35.5. The van der Waals surface area contributed by atoms with Gasteiger partial charge in [-0.3, -0.25) is 4.79 Å². The first-order valence-corrected chi connectivity index (χ1v) is 13.6. The van der Waals surface area contributed by atoms with Crippen molar-refractivity contribution in [2.45, 2.75) is 24.2 Å². The summed E-state index contributed by atoms with van der Waals surface area (Å²) < 4.78 is 73.5. The lowest BCUT2D eigenvalue weighted by Crippen LogP contribution is -2.18. The second kappa shape index (κ2) is 11.5. The first-order chi connectivity index (χ1) is 18.5. The van der Waals surface area contributed by atoms with Gasteiger partial charge in [0, 0.05) is 30.1 Å². The first kappa shape index (κ1) is 28.1. The van der Waals surface area contributed by atoms with Gasteiger partial charge in [0.2, 0.25) is 20.9 Å². The number of aromatic nitrogens is 3. The lowest BCUT2D eigenvalue weighted by atomic mass is 10.1. The third-order valence-electron chi connectivity index (χ3n) is 5.59. The minimum atomic E-state index is -4.91. The van der Waals surface area contributed by atoms with E-state index in [9.17, 15) is 26.4 Å². The number of carbonyl (C=O) groups is 1. The monoisotopic (exact) mass is 578 g/mol. The van der Waals surface area contributed by atoms with Crippen LogP contribution in [0, 0.1) is 0 Å². The molecule has 0 radical (unpaired) electrons. The SMILES string of the molecule is COc1ccccc1-c1cc(C(F)(F)F)nc(S(=O)(=O)CCCC(=O)Nc2ccc(-n3cccc3)c(Cl)c2)n1. The van der Waals surface area contributed by atoms with E-state index in [4.69, 9.17) is 16.3 Å². The van der Waals surface area contributed by atoms with Crippen LogP contribution in [0.25, 0.3) is 16.9 Å². The smallest absolute Gasteiger partial charge is 0.433 e. The number of anilines is 1. The molecule has 13 heteroatoms. The predicted molar refractivity (Wildman–Crippen MR) is 140 cm³/mol. The van der Waals surface area contributed by atoms with Gasteiger partial charge < -0.3 is 14.6 Å². The average molecular weight is 579 g/mol. The van der Waals surface area contributed by atoms with Crippen molar-refractivity contribution in [2.75, 3.05) is 18.2 Å². The Morgan fingerprint density at radius 1 is 1.05 bits per heavy atom. The Morgan fingerprint density at radius 2 is 1.77 bits per heavy atom. The van der Waals surface area contributed by atoms with Crippen LogP contribution in [0.5, 0.6) is 5.75 Å². The summed E-state index contributed by atoms with van der Waals surface area (Å²) >= 11 is 6.30. The minimum absolute atomic E-state index is 0.171. The van der Waals surface area contributed by atoms with Crippen LogP contribution in [0.4, 0.5) is 18.9 Å². The number of carbonyl (C=O) groups excluding carboxylic acids is 1. The van der Waals surface area contributed by atoms with Crippen LogP contribution in [0.15, 0.2) is 78.2 Å². The number of hydrogen-bond donors (Lipinski definition) is 1. The zero-order valence-electron chi connectivity index (χ0n) is 20.4. The van der Waals surface area contributed by atoms with E-state index in [1.807, 2.05) is 24.5 Å². The lowest BCUT2D eigenvalue weighted by Gasteiger charge is -2.13. The normalized spacial score (nSPS) is 11.8. The number of ether oxygens (including phenoxy) is 1. The van der Waals surface area contributed by atoms with Crippen molar-refractivity contribution in [2.24, 2.45) is 0 Å². The maximum absolute atomic E-state index is 13.6. The summed E-state index contributed by atoms with van der Waals surface area (Å²) in [6, 6.07) is 15.4. The van der Waals surface area contributed by atoms with E-state index >= 15 is 0 Å². The summed E-state index contributed by atoms with van der Waals surface area (Å²) in [6.45, 7) is 0. The summed E-state index contributed by atoms with van der Waals surface area (Å²) in [5.74, 6) is -0.916. The molecule has 0 atom stereocenters. The summed E-state index contributed by atoms with van der Waals surface area (Å²) in [5, 5.41) is 2.04. The van der Waals surface area contributed by atoms with E-state index in [-0.39, 0.29) is 29.8 Å². The lowest BCUT2D eigenvalue weighted by molar-refractivity contribution is -0.141. The molecule has 2 aromatic carbocycles. The third-order valence-corrected chi connectivity index (χ3v) is 7.46. The number of benzene rings is 2. The van der Waals surface area contributed by atoms with Crippen LogP contribution in [-0.2, 0) is 20.8 Å². The number of nitrogens with one attached hydrogen (secondary N) is 1. The van der Waals surface area contributed by atoms with Gasteiger partial charge in [-0.2, -0.15) is 13.2 Å². The summed E-state index contributed by atoms with van der Waals surface area (Å²) in [5.41, 5.74) is -0.378. The van der Waals surface area contributed by atoms with Crippen molar-refractivity contribution in [1.29, 1.82) is 0 Å². The Morgan fingerprint density at radius 3 is 2.44 bits per heavy atom. The fourth-order valence-electron chi connectivity index (χ4n) is 3.73. The van der Waals surface area contributed by atoms with Crippen LogP contribution in [-0.4, -0.2) is 41.7 Å². The van der Waals surface area contributed by atoms with Gasteiger partial charge in [0.15, 0.2) is 0 Å². The van der Waals surface area contributed by atoms with Crippen molar-refractivity contribution >= 4 is 33.0 Å². The number of nitrogens with zero attached hydrogens (tertiary/aromatic N) is 3. The van der Waals surface area contributed by atoms with E-state index in [1.54, 1.807) is 34.9 Å². The molecule has 0 spiro atoms. The van der Waals surface area contributed by atoms with Gasteiger partial charge in [-0.25, -0.2) is 18.4 Å². The highest BCUT2D eigenvalue weighted by Gasteiger charge is 2.35. The summed E-state index contributed by atoms with van der Waals surface area (Å²) in [6.07, 6.45) is -1.68. The summed E-state index contributed by atoms with van der Waals surface area (Å²) in [4.78, 5) is 19.6. The van der Waals surface area contributed by atoms with Crippen LogP contribution < -0.4 is 10.1 Å². The Labute approximate surface area is 227 Å². The number of hydrogen-bond acceptors (Lipinski definition) is 6. The van der Waals surface area contributed by atoms with Gasteiger partial charge in [0.25, 0.3) is 0 Å². The van der Waals surface area contributed by atoms with Gasteiger partial charge in [0.05, 0.1) is 29.3 Å². The second-order valence-electron chi connectivity index (χ2n) is 8.35. The molecule has 0 aliphatic carbocycles. The van der Waals surface area contributed by atoms with Gasteiger partial charge in [-0.15, -0.1) is 0 Å². The number of para-hydroxylation sites is 1. The van der Waals surface area contributed by atoms with E-state index < -0.39 is 38.5 Å². The highest BCUT2D eigenvalue weighted by Crippen LogP contribution is 2.34. The molecule has 8 nitrogen and oxygen atoms in total. The molecule has 0 saturated heterocycles. The minimum Gasteiger partial charge on any atom is -0.496 e. The second-order valence-corrected chi connectivity index (χ2v) is 10.8. The maximum atomic E-state index is 13.6. The Hall–Kier alpha value is -3.90. The number of halogens is 4. The number of rotatable bonds is 9. The van der Waals surface area contributed by atoms with Crippen molar-refractivity contribution < 1.29 is 31.1 Å². The fraction of sp³-hybridized carbons (Fsp3) is 0.192. The molecule has 39 heavy (non-hydrogen) atoms. The van der Waals surface area contributed by atoms with Crippen molar-refractivity contribution in [3.05, 3.63) is 83.8 Å². The van der Waals surface area contributed by atoms with Crippen LogP contribution in [0.1, 0.15) is 18.5 Å². The molecule has 0 unspecified atom stereocenters. The molecular weight excluding hydrogens is 557 g/mol. The predicted octanol–water partition coefficient (Wildman–Crippen LogP) is 5.81.